The number of ether oxygens (including phenoxy) is 1. The average Bonchev–Trinajstić information content (AvgIpc) is 3.05. The second-order valence-corrected chi connectivity index (χ2v) is 7.12. The van der Waals surface area contributed by atoms with Crippen LogP contribution in [0.5, 0.6) is 0 Å². The summed E-state index contributed by atoms with van der Waals surface area (Å²) in [6.45, 7) is 6.94. The summed E-state index contributed by atoms with van der Waals surface area (Å²) < 4.78 is 5.46. The number of hydrogen-bond donors (Lipinski definition) is 1. The van der Waals surface area contributed by atoms with E-state index in [0.29, 0.717) is 18.7 Å². The Kier molecular flexibility index (Phi) is 3.66. The van der Waals surface area contributed by atoms with Gasteiger partial charge in [-0.3, -0.25) is 9.78 Å². The number of aromatic nitrogens is 1. The first-order valence-corrected chi connectivity index (χ1v) is 7.76. The number of likely N-dealkylation sites (tertiary alicyclic amines) is 1. The normalized spacial score (nSPS) is 23.3. The zero-order chi connectivity index (χ0) is 16.8. The molecule has 2 amide bonds. The van der Waals surface area contributed by atoms with E-state index in [-0.39, 0.29) is 18.2 Å². The molecule has 2 saturated heterocycles. The standard InChI is InChI=1S/C16H22N4O3/c1-16(2,3)23-15(22)20-9-12-5-13(20)8-19(12)11-4-10(14(17)21)6-18-7-11/h4,6-7,12-13H,5,8-9H2,1-3H3,(H2,17,21)/t12-,13-/m1/s1. The molecule has 2 bridgehead atoms. The molecule has 2 aliphatic heterocycles. The van der Waals surface area contributed by atoms with Crippen molar-refractivity contribution in [2.75, 3.05) is 18.0 Å². The van der Waals surface area contributed by atoms with E-state index in [2.05, 4.69) is 9.88 Å². The SMILES string of the molecule is CC(C)(C)OC(=O)N1C[C@H]2C[C@@H]1CN2c1cncc(C(N)=O)c1. The third-order valence-corrected chi connectivity index (χ3v) is 4.21. The summed E-state index contributed by atoms with van der Waals surface area (Å²) in [5.74, 6) is -0.487. The number of amides is 2. The number of nitrogens with two attached hydrogens (primary N) is 1. The van der Waals surface area contributed by atoms with E-state index in [4.69, 9.17) is 10.5 Å². The highest BCUT2D eigenvalue weighted by atomic mass is 16.6. The maximum Gasteiger partial charge on any atom is 0.410 e. The van der Waals surface area contributed by atoms with E-state index >= 15 is 0 Å². The van der Waals surface area contributed by atoms with Gasteiger partial charge in [0.15, 0.2) is 0 Å². The van der Waals surface area contributed by atoms with E-state index < -0.39 is 11.5 Å². The summed E-state index contributed by atoms with van der Waals surface area (Å²) >= 11 is 0. The summed E-state index contributed by atoms with van der Waals surface area (Å²) in [7, 11) is 0. The van der Waals surface area contributed by atoms with Gasteiger partial charge >= 0.3 is 6.09 Å². The maximum atomic E-state index is 12.2. The zero-order valence-electron chi connectivity index (χ0n) is 13.7. The predicted molar refractivity (Wildman–Crippen MR) is 85.2 cm³/mol. The zero-order valence-corrected chi connectivity index (χ0v) is 13.7. The molecule has 2 atom stereocenters. The molecule has 1 aromatic heterocycles. The Bertz CT molecular complexity index is 640. The van der Waals surface area contributed by atoms with Gasteiger partial charge in [0, 0.05) is 25.3 Å². The average molecular weight is 318 g/mol. The molecule has 1 aromatic rings. The fourth-order valence-corrected chi connectivity index (χ4v) is 3.25. The Morgan fingerprint density at radius 3 is 2.57 bits per heavy atom. The summed E-state index contributed by atoms with van der Waals surface area (Å²) in [5, 5.41) is 0. The maximum absolute atomic E-state index is 12.2. The number of carbonyl (C=O) groups is 2. The van der Waals surface area contributed by atoms with Crippen molar-refractivity contribution in [1.82, 2.24) is 9.88 Å². The van der Waals surface area contributed by atoms with Crippen LogP contribution < -0.4 is 10.6 Å². The summed E-state index contributed by atoms with van der Waals surface area (Å²) in [6, 6.07) is 2.11. The van der Waals surface area contributed by atoms with Crippen LogP contribution in [0.15, 0.2) is 18.5 Å². The first-order valence-electron chi connectivity index (χ1n) is 7.76. The molecule has 0 spiro atoms. The first-order chi connectivity index (χ1) is 10.7. The highest BCUT2D eigenvalue weighted by Crippen LogP contribution is 2.35. The van der Waals surface area contributed by atoms with Gasteiger partial charge in [-0.1, -0.05) is 0 Å². The van der Waals surface area contributed by atoms with Crippen LogP contribution in [0, 0.1) is 0 Å². The Labute approximate surface area is 135 Å². The second kappa shape index (κ2) is 5.40. The number of carbonyl (C=O) groups excluding carboxylic acids is 2. The minimum absolute atomic E-state index is 0.132. The molecular formula is C16H22N4O3. The third-order valence-electron chi connectivity index (χ3n) is 4.21. The van der Waals surface area contributed by atoms with Gasteiger partial charge in [0.25, 0.3) is 0 Å². The van der Waals surface area contributed by atoms with Crippen LogP contribution >= 0.6 is 0 Å². The molecule has 23 heavy (non-hydrogen) atoms. The number of anilines is 1. The van der Waals surface area contributed by atoms with Crippen LogP contribution in [0.1, 0.15) is 37.6 Å². The van der Waals surface area contributed by atoms with Gasteiger partial charge < -0.3 is 20.3 Å². The van der Waals surface area contributed by atoms with Gasteiger partial charge in [0.05, 0.1) is 23.5 Å². The number of primary amides is 1. The van der Waals surface area contributed by atoms with Crippen molar-refractivity contribution in [3.8, 4) is 0 Å². The molecule has 2 fully saturated rings. The predicted octanol–water partition coefficient (Wildman–Crippen LogP) is 1.38. The summed E-state index contributed by atoms with van der Waals surface area (Å²) in [6.07, 6.45) is 3.84. The monoisotopic (exact) mass is 318 g/mol. The van der Waals surface area contributed by atoms with Gasteiger partial charge in [-0.15, -0.1) is 0 Å². The molecule has 7 nitrogen and oxygen atoms in total. The molecule has 0 aromatic carbocycles. The number of rotatable bonds is 2. The summed E-state index contributed by atoms with van der Waals surface area (Å²) in [4.78, 5) is 31.6. The van der Waals surface area contributed by atoms with E-state index in [1.165, 1.54) is 6.20 Å². The minimum Gasteiger partial charge on any atom is -0.444 e. The van der Waals surface area contributed by atoms with Crippen molar-refractivity contribution in [2.45, 2.75) is 44.9 Å². The molecule has 0 radical (unpaired) electrons. The van der Waals surface area contributed by atoms with E-state index in [1.807, 2.05) is 20.8 Å². The lowest BCUT2D eigenvalue weighted by Crippen LogP contribution is -2.50. The number of hydrogen-bond acceptors (Lipinski definition) is 5. The smallest absolute Gasteiger partial charge is 0.410 e. The number of fused-ring (bicyclic) bond motifs is 2. The highest BCUT2D eigenvalue weighted by Gasteiger charge is 2.46. The van der Waals surface area contributed by atoms with E-state index in [0.717, 1.165) is 12.1 Å². The van der Waals surface area contributed by atoms with Crippen LogP contribution in [0.3, 0.4) is 0 Å². The number of nitrogens with zero attached hydrogens (tertiary/aromatic N) is 3. The van der Waals surface area contributed by atoms with Crippen LogP contribution in [0.25, 0.3) is 0 Å². The van der Waals surface area contributed by atoms with Gasteiger partial charge in [-0.25, -0.2) is 4.79 Å². The molecule has 3 heterocycles. The topological polar surface area (TPSA) is 88.8 Å². The third kappa shape index (κ3) is 3.09. The van der Waals surface area contributed by atoms with Crippen molar-refractivity contribution in [2.24, 2.45) is 5.73 Å². The second-order valence-electron chi connectivity index (χ2n) is 7.12. The van der Waals surface area contributed by atoms with Crippen LogP contribution in [-0.2, 0) is 4.74 Å². The van der Waals surface area contributed by atoms with Crippen molar-refractivity contribution in [3.05, 3.63) is 24.0 Å². The molecule has 124 valence electrons. The largest absolute Gasteiger partial charge is 0.444 e. The lowest BCUT2D eigenvalue weighted by atomic mass is 10.2. The number of piperazine rings is 1. The fourth-order valence-electron chi connectivity index (χ4n) is 3.25. The molecule has 0 aliphatic carbocycles. The molecule has 7 heteroatoms. The molecule has 0 saturated carbocycles. The van der Waals surface area contributed by atoms with Crippen molar-refractivity contribution in [1.29, 1.82) is 0 Å². The minimum atomic E-state index is -0.488. The first kappa shape index (κ1) is 15.6. The Morgan fingerprint density at radius 1 is 1.26 bits per heavy atom. The van der Waals surface area contributed by atoms with Gasteiger partial charge in [-0.05, 0) is 33.3 Å². The quantitative estimate of drug-likeness (QED) is 0.890. The molecule has 2 aliphatic rings. The van der Waals surface area contributed by atoms with Crippen LogP contribution in [-0.4, -0.2) is 52.7 Å². The Morgan fingerprint density at radius 2 is 2.00 bits per heavy atom. The van der Waals surface area contributed by atoms with Crippen LogP contribution in [0.4, 0.5) is 10.5 Å². The van der Waals surface area contributed by atoms with E-state index in [9.17, 15) is 9.59 Å². The van der Waals surface area contributed by atoms with E-state index in [1.54, 1.807) is 17.2 Å². The van der Waals surface area contributed by atoms with Crippen LogP contribution in [0.2, 0.25) is 0 Å². The summed E-state index contributed by atoms with van der Waals surface area (Å²) in [5.41, 5.74) is 6.09. The Hall–Kier alpha value is -2.31. The van der Waals surface area contributed by atoms with Gasteiger partial charge in [0.1, 0.15) is 5.60 Å². The molecule has 2 N–H and O–H groups in total. The van der Waals surface area contributed by atoms with Crippen molar-refractivity contribution >= 4 is 17.7 Å². The fraction of sp³-hybridized carbons (Fsp3) is 0.562. The highest BCUT2D eigenvalue weighted by molar-refractivity contribution is 5.93. The molecular weight excluding hydrogens is 296 g/mol. The molecule has 3 rings (SSSR count). The lowest BCUT2D eigenvalue weighted by molar-refractivity contribution is 0.0214. The van der Waals surface area contributed by atoms with Gasteiger partial charge in [0.2, 0.25) is 5.91 Å². The van der Waals surface area contributed by atoms with Crippen molar-refractivity contribution in [3.63, 3.8) is 0 Å². The Balaban J connectivity index is 1.70. The lowest BCUT2D eigenvalue weighted by Gasteiger charge is -2.36. The van der Waals surface area contributed by atoms with Gasteiger partial charge in [-0.2, -0.15) is 0 Å². The van der Waals surface area contributed by atoms with Crippen molar-refractivity contribution < 1.29 is 14.3 Å². The number of pyridine rings is 1. The molecule has 0 unspecified atom stereocenters.